The van der Waals surface area contributed by atoms with E-state index in [9.17, 15) is 0 Å². The van der Waals surface area contributed by atoms with Gasteiger partial charge in [-0.3, -0.25) is 0 Å². The van der Waals surface area contributed by atoms with E-state index in [1.807, 2.05) is 0 Å². The van der Waals surface area contributed by atoms with Gasteiger partial charge < -0.3 is 10.2 Å². The lowest BCUT2D eigenvalue weighted by molar-refractivity contribution is 0.443. The summed E-state index contributed by atoms with van der Waals surface area (Å²) in [6, 6.07) is 8.80. The molecule has 2 heteroatoms. The molecule has 0 bridgehead atoms. The first kappa shape index (κ1) is 12.4. The van der Waals surface area contributed by atoms with Gasteiger partial charge >= 0.3 is 0 Å². The SMILES string of the molecule is CCC1(CNCc2ccc(N(C)C)cc2)CC1. The molecule has 1 fully saturated rings. The summed E-state index contributed by atoms with van der Waals surface area (Å²) in [5, 5.41) is 3.59. The minimum atomic E-state index is 0.642. The minimum Gasteiger partial charge on any atom is -0.378 e. The topological polar surface area (TPSA) is 15.3 Å². The summed E-state index contributed by atoms with van der Waals surface area (Å²) >= 11 is 0. The van der Waals surface area contributed by atoms with Crippen LogP contribution in [0.5, 0.6) is 0 Å². The van der Waals surface area contributed by atoms with Gasteiger partial charge in [0, 0.05) is 32.9 Å². The van der Waals surface area contributed by atoms with Gasteiger partial charge in [0.25, 0.3) is 0 Å². The second kappa shape index (κ2) is 5.09. The van der Waals surface area contributed by atoms with Gasteiger partial charge in [-0.05, 0) is 42.4 Å². The highest BCUT2D eigenvalue weighted by Crippen LogP contribution is 2.47. The normalized spacial score (nSPS) is 16.9. The molecular formula is C15H24N2. The van der Waals surface area contributed by atoms with Crippen LogP contribution in [0.15, 0.2) is 24.3 Å². The van der Waals surface area contributed by atoms with Gasteiger partial charge in [-0.25, -0.2) is 0 Å². The van der Waals surface area contributed by atoms with Crippen LogP contribution in [-0.2, 0) is 6.54 Å². The number of nitrogens with one attached hydrogen (secondary N) is 1. The van der Waals surface area contributed by atoms with E-state index in [1.54, 1.807) is 0 Å². The van der Waals surface area contributed by atoms with Crippen LogP contribution in [0.1, 0.15) is 31.7 Å². The van der Waals surface area contributed by atoms with E-state index in [2.05, 4.69) is 55.5 Å². The molecule has 2 nitrogen and oxygen atoms in total. The Bertz CT molecular complexity index is 350. The Morgan fingerprint density at radius 1 is 1.18 bits per heavy atom. The van der Waals surface area contributed by atoms with Crippen molar-refractivity contribution in [3.05, 3.63) is 29.8 Å². The summed E-state index contributed by atoms with van der Waals surface area (Å²) in [7, 11) is 4.15. The minimum absolute atomic E-state index is 0.642. The molecule has 0 atom stereocenters. The molecule has 0 spiro atoms. The van der Waals surface area contributed by atoms with E-state index in [4.69, 9.17) is 0 Å². The molecule has 0 radical (unpaired) electrons. The number of rotatable bonds is 6. The van der Waals surface area contributed by atoms with Crippen LogP contribution in [0, 0.1) is 5.41 Å². The molecule has 0 unspecified atom stereocenters. The molecule has 0 aromatic heterocycles. The average Bonchev–Trinajstić information content (AvgIpc) is 3.10. The number of nitrogens with zero attached hydrogens (tertiary/aromatic N) is 1. The highest BCUT2D eigenvalue weighted by molar-refractivity contribution is 5.45. The first-order valence-electron chi connectivity index (χ1n) is 6.62. The molecule has 0 amide bonds. The van der Waals surface area contributed by atoms with Crippen molar-refractivity contribution in [1.82, 2.24) is 5.32 Å². The van der Waals surface area contributed by atoms with Gasteiger partial charge in [-0.1, -0.05) is 19.1 Å². The van der Waals surface area contributed by atoms with E-state index in [0.717, 1.165) is 6.54 Å². The number of hydrogen-bond acceptors (Lipinski definition) is 2. The van der Waals surface area contributed by atoms with E-state index >= 15 is 0 Å². The number of anilines is 1. The first-order chi connectivity index (χ1) is 8.15. The molecule has 1 aromatic rings. The number of hydrogen-bond donors (Lipinski definition) is 1. The Kier molecular flexibility index (Phi) is 3.72. The van der Waals surface area contributed by atoms with Crippen molar-refractivity contribution in [2.45, 2.75) is 32.7 Å². The summed E-state index contributed by atoms with van der Waals surface area (Å²) in [4.78, 5) is 2.13. The summed E-state index contributed by atoms with van der Waals surface area (Å²) < 4.78 is 0. The van der Waals surface area contributed by atoms with Crippen LogP contribution in [0.2, 0.25) is 0 Å². The fourth-order valence-electron chi connectivity index (χ4n) is 2.22. The Balaban J connectivity index is 1.79. The quantitative estimate of drug-likeness (QED) is 0.811. The van der Waals surface area contributed by atoms with Crippen molar-refractivity contribution < 1.29 is 0 Å². The third-order valence-electron chi connectivity index (χ3n) is 3.99. The van der Waals surface area contributed by atoms with Crippen LogP contribution in [0.3, 0.4) is 0 Å². The molecule has 17 heavy (non-hydrogen) atoms. The molecule has 1 aliphatic rings. The largest absolute Gasteiger partial charge is 0.378 e. The Morgan fingerprint density at radius 2 is 1.82 bits per heavy atom. The highest BCUT2D eigenvalue weighted by atomic mass is 15.1. The van der Waals surface area contributed by atoms with Crippen molar-refractivity contribution in [3.63, 3.8) is 0 Å². The number of benzene rings is 1. The monoisotopic (exact) mass is 232 g/mol. The third-order valence-corrected chi connectivity index (χ3v) is 3.99. The third kappa shape index (κ3) is 3.22. The molecule has 0 aliphatic heterocycles. The van der Waals surface area contributed by atoms with Crippen LogP contribution < -0.4 is 10.2 Å². The highest BCUT2D eigenvalue weighted by Gasteiger charge is 2.39. The first-order valence-corrected chi connectivity index (χ1v) is 6.62. The van der Waals surface area contributed by atoms with Crippen molar-refractivity contribution in [3.8, 4) is 0 Å². The molecule has 0 saturated heterocycles. The molecule has 1 N–H and O–H groups in total. The van der Waals surface area contributed by atoms with E-state index in [0.29, 0.717) is 5.41 Å². The van der Waals surface area contributed by atoms with Crippen molar-refractivity contribution >= 4 is 5.69 Å². The van der Waals surface area contributed by atoms with Crippen molar-refractivity contribution in [2.24, 2.45) is 5.41 Å². The van der Waals surface area contributed by atoms with Crippen LogP contribution in [0.25, 0.3) is 0 Å². The van der Waals surface area contributed by atoms with E-state index in [-0.39, 0.29) is 0 Å². The standard InChI is InChI=1S/C15H24N2/c1-4-15(9-10-15)12-16-11-13-5-7-14(8-6-13)17(2)3/h5-8,16H,4,9-12H2,1-3H3. The molecule has 2 rings (SSSR count). The predicted molar refractivity (Wildman–Crippen MR) is 74.4 cm³/mol. The summed E-state index contributed by atoms with van der Waals surface area (Å²) in [5.74, 6) is 0. The van der Waals surface area contributed by atoms with Crippen molar-refractivity contribution in [1.29, 1.82) is 0 Å². The molecule has 0 heterocycles. The molecule has 1 aromatic carbocycles. The van der Waals surface area contributed by atoms with Gasteiger partial charge in [0.2, 0.25) is 0 Å². The fourth-order valence-corrected chi connectivity index (χ4v) is 2.22. The molecule has 1 saturated carbocycles. The van der Waals surface area contributed by atoms with E-state index < -0.39 is 0 Å². The van der Waals surface area contributed by atoms with Gasteiger partial charge in [0.1, 0.15) is 0 Å². The maximum atomic E-state index is 3.59. The fraction of sp³-hybridized carbons (Fsp3) is 0.600. The van der Waals surface area contributed by atoms with Crippen LogP contribution in [0.4, 0.5) is 5.69 Å². The van der Waals surface area contributed by atoms with Crippen LogP contribution >= 0.6 is 0 Å². The molecule has 1 aliphatic carbocycles. The van der Waals surface area contributed by atoms with Crippen molar-refractivity contribution in [2.75, 3.05) is 25.5 Å². The average molecular weight is 232 g/mol. The summed E-state index contributed by atoms with van der Waals surface area (Å²) in [5.41, 5.74) is 3.28. The summed E-state index contributed by atoms with van der Waals surface area (Å²) in [6.45, 7) is 4.48. The Hall–Kier alpha value is -1.02. The van der Waals surface area contributed by atoms with Gasteiger partial charge in [0.15, 0.2) is 0 Å². The summed E-state index contributed by atoms with van der Waals surface area (Å²) in [6.07, 6.45) is 4.14. The lowest BCUT2D eigenvalue weighted by atomic mass is 10.0. The van der Waals surface area contributed by atoms with Gasteiger partial charge in [-0.15, -0.1) is 0 Å². The van der Waals surface area contributed by atoms with E-state index in [1.165, 1.54) is 37.1 Å². The zero-order valence-corrected chi connectivity index (χ0v) is 11.3. The predicted octanol–water partition coefficient (Wildman–Crippen LogP) is 3.03. The van der Waals surface area contributed by atoms with Gasteiger partial charge in [0.05, 0.1) is 0 Å². The Morgan fingerprint density at radius 3 is 2.29 bits per heavy atom. The lowest BCUT2D eigenvalue weighted by Crippen LogP contribution is -2.23. The zero-order chi connectivity index (χ0) is 12.3. The second-order valence-corrected chi connectivity index (χ2v) is 5.52. The smallest absolute Gasteiger partial charge is 0.0361 e. The molecule has 94 valence electrons. The lowest BCUT2D eigenvalue weighted by Gasteiger charge is -2.15. The maximum absolute atomic E-state index is 3.59. The molecular weight excluding hydrogens is 208 g/mol. The van der Waals surface area contributed by atoms with Crippen LogP contribution in [-0.4, -0.2) is 20.6 Å². The Labute approximate surface area is 105 Å². The zero-order valence-electron chi connectivity index (χ0n) is 11.3. The maximum Gasteiger partial charge on any atom is 0.0361 e. The second-order valence-electron chi connectivity index (χ2n) is 5.52. The van der Waals surface area contributed by atoms with Gasteiger partial charge in [-0.2, -0.15) is 0 Å².